The third kappa shape index (κ3) is 3.90. The van der Waals surface area contributed by atoms with E-state index in [9.17, 15) is 14.5 Å². The fraction of sp³-hybridized carbons (Fsp3) is 0.462. The number of halogens is 1. The molecule has 106 valence electrons. The van der Waals surface area contributed by atoms with Gasteiger partial charge in [0.15, 0.2) is 11.6 Å². The van der Waals surface area contributed by atoms with Crippen molar-refractivity contribution in [2.45, 2.75) is 31.3 Å². The smallest absolute Gasteiger partial charge is 0.272 e. The highest BCUT2D eigenvalue weighted by atomic mass is 19.1. The molecular formula is C13H14FN3O3. The molecule has 1 aromatic rings. The summed E-state index contributed by atoms with van der Waals surface area (Å²) >= 11 is 0. The van der Waals surface area contributed by atoms with Crippen LogP contribution in [0.3, 0.4) is 0 Å². The van der Waals surface area contributed by atoms with E-state index in [0.717, 1.165) is 18.9 Å². The van der Waals surface area contributed by atoms with E-state index in [0.29, 0.717) is 12.5 Å². The number of non-ortho nitro benzene ring substituents is 1. The Morgan fingerprint density at radius 1 is 1.60 bits per heavy atom. The minimum absolute atomic E-state index is 0.0429. The van der Waals surface area contributed by atoms with Gasteiger partial charge in [0.05, 0.1) is 29.7 Å². The second-order valence-corrected chi connectivity index (χ2v) is 4.63. The van der Waals surface area contributed by atoms with Gasteiger partial charge in [-0.3, -0.25) is 15.4 Å². The number of ether oxygens (including phenoxy) is 1. The molecule has 0 radical (unpaired) electrons. The van der Waals surface area contributed by atoms with E-state index < -0.39 is 10.7 Å². The molecule has 1 aromatic carbocycles. The molecule has 0 amide bonds. The number of nitro groups is 1. The number of hydrogen-bond acceptors (Lipinski definition) is 5. The first kappa shape index (κ1) is 14.2. The summed E-state index contributed by atoms with van der Waals surface area (Å²) in [7, 11) is 0. The van der Waals surface area contributed by atoms with Crippen LogP contribution in [0.25, 0.3) is 0 Å². The van der Waals surface area contributed by atoms with E-state index in [4.69, 9.17) is 10.00 Å². The Morgan fingerprint density at radius 3 is 2.90 bits per heavy atom. The molecule has 0 aliphatic heterocycles. The maximum Gasteiger partial charge on any atom is 0.272 e. The number of rotatable bonds is 7. The summed E-state index contributed by atoms with van der Waals surface area (Å²) in [5, 5.41) is 22.5. The van der Waals surface area contributed by atoms with Crippen LogP contribution in [0.4, 0.5) is 10.1 Å². The molecule has 7 heteroatoms. The lowest BCUT2D eigenvalue weighted by atomic mass is 10.2. The third-order valence-electron chi connectivity index (χ3n) is 2.96. The van der Waals surface area contributed by atoms with E-state index in [1.165, 1.54) is 12.1 Å². The van der Waals surface area contributed by atoms with Crippen molar-refractivity contribution in [1.82, 2.24) is 5.32 Å². The number of nitriles is 1. The van der Waals surface area contributed by atoms with E-state index in [1.807, 2.05) is 0 Å². The van der Waals surface area contributed by atoms with E-state index >= 15 is 0 Å². The summed E-state index contributed by atoms with van der Waals surface area (Å²) < 4.78 is 18.7. The minimum atomic E-state index is -0.775. The zero-order valence-corrected chi connectivity index (χ0v) is 10.7. The van der Waals surface area contributed by atoms with Gasteiger partial charge < -0.3 is 4.74 Å². The maximum absolute atomic E-state index is 13.5. The molecule has 2 rings (SSSR count). The number of nitrogens with one attached hydrogen (secondary N) is 1. The zero-order valence-electron chi connectivity index (χ0n) is 10.7. The van der Waals surface area contributed by atoms with Gasteiger partial charge in [-0.2, -0.15) is 5.26 Å². The van der Waals surface area contributed by atoms with Gasteiger partial charge in [-0.05, 0) is 18.9 Å². The molecule has 1 saturated carbocycles. The summed E-state index contributed by atoms with van der Waals surface area (Å²) in [6, 6.07) is 5.45. The summed E-state index contributed by atoms with van der Waals surface area (Å²) in [4.78, 5) is 9.80. The Balaban J connectivity index is 1.84. The summed E-state index contributed by atoms with van der Waals surface area (Å²) in [6.07, 6.45) is 2.59. The van der Waals surface area contributed by atoms with E-state index in [1.54, 1.807) is 0 Å². The van der Waals surface area contributed by atoms with Crippen LogP contribution in [0.15, 0.2) is 18.2 Å². The number of nitro benzene ring substituents is 1. The van der Waals surface area contributed by atoms with Crippen LogP contribution in [0, 0.1) is 27.3 Å². The monoisotopic (exact) mass is 279 g/mol. The molecule has 0 spiro atoms. The molecule has 0 aromatic heterocycles. The molecule has 1 atom stereocenters. The lowest BCUT2D eigenvalue weighted by Crippen LogP contribution is -2.31. The van der Waals surface area contributed by atoms with Crippen molar-refractivity contribution in [3.05, 3.63) is 34.1 Å². The van der Waals surface area contributed by atoms with Gasteiger partial charge in [-0.1, -0.05) is 0 Å². The third-order valence-corrected chi connectivity index (χ3v) is 2.96. The average molecular weight is 279 g/mol. The lowest BCUT2D eigenvalue weighted by molar-refractivity contribution is -0.385. The maximum atomic E-state index is 13.5. The molecule has 1 unspecified atom stereocenters. The van der Waals surface area contributed by atoms with Crippen LogP contribution in [-0.2, 0) is 0 Å². The van der Waals surface area contributed by atoms with Gasteiger partial charge in [0.25, 0.3) is 5.69 Å². The van der Waals surface area contributed by atoms with Crippen LogP contribution in [0.1, 0.15) is 19.3 Å². The fourth-order valence-electron chi connectivity index (χ4n) is 1.73. The molecule has 1 fully saturated rings. The average Bonchev–Trinajstić information content (AvgIpc) is 3.23. The largest absolute Gasteiger partial charge is 0.490 e. The predicted molar refractivity (Wildman–Crippen MR) is 68.7 cm³/mol. The van der Waals surface area contributed by atoms with Crippen molar-refractivity contribution in [3.8, 4) is 11.8 Å². The van der Waals surface area contributed by atoms with Gasteiger partial charge >= 0.3 is 0 Å². The molecule has 0 saturated heterocycles. The molecule has 0 bridgehead atoms. The number of nitrogens with zero attached hydrogens (tertiary/aromatic N) is 2. The second-order valence-electron chi connectivity index (χ2n) is 4.63. The van der Waals surface area contributed by atoms with E-state index in [2.05, 4.69) is 11.4 Å². The standard InChI is InChI=1S/C13H14FN3O3/c14-12-7-11(17(18)19)3-4-13(12)20-6-5-10(8-15)16-9-1-2-9/h3-4,7,9-10,16H,1-2,5-6H2. The van der Waals surface area contributed by atoms with Gasteiger partial charge in [-0.25, -0.2) is 4.39 Å². The van der Waals surface area contributed by atoms with Gasteiger partial charge in [0.1, 0.15) is 0 Å². The van der Waals surface area contributed by atoms with Crippen molar-refractivity contribution >= 4 is 5.69 Å². The van der Waals surface area contributed by atoms with Gasteiger partial charge in [-0.15, -0.1) is 0 Å². The molecule has 1 N–H and O–H groups in total. The molecule has 6 nitrogen and oxygen atoms in total. The van der Waals surface area contributed by atoms with Crippen molar-refractivity contribution in [1.29, 1.82) is 5.26 Å². The Kier molecular flexibility index (Phi) is 4.48. The Bertz CT molecular complexity index is 540. The normalized spacial score (nSPS) is 15.4. The first-order valence-electron chi connectivity index (χ1n) is 6.32. The summed E-state index contributed by atoms with van der Waals surface area (Å²) in [5.74, 6) is -0.818. The van der Waals surface area contributed by atoms with Crippen LogP contribution in [-0.4, -0.2) is 23.6 Å². The minimum Gasteiger partial charge on any atom is -0.490 e. The number of hydrogen-bond donors (Lipinski definition) is 1. The SMILES string of the molecule is N#CC(CCOc1ccc([N+](=O)[O-])cc1F)NC1CC1. The summed E-state index contributed by atoms with van der Waals surface area (Å²) in [6.45, 7) is 0.173. The highest BCUT2D eigenvalue weighted by Crippen LogP contribution is 2.23. The number of benzene rings is 1. The van der Waals surface area contributed by atoms with Crippen LogP contribution >= 0.6 is 0 Å². The second kappa shape index (κ2) is 6.30. The van der Waals surface area contributed by atoms with Crippen LogP contribution < -0.4 is 10.1 Å². The van der Waals surface area contributed by atoms with Crippen LogP contribution in [0.2, 0.25) is 0 Å². The lowest BCUT2D eigenvalue weighted by Gasteiger charge is -2.11. The Morgan fingerprint density at radius 2 is 2.35 bits per heavy atom. The predicted octanol–water partition coefficient (Wildman–Crippen LogP) is 2.15. The molecule has 1 aliphatic carbocycles. The van der Waals surface area contributed by atoms with Crippen molar-refractivity contribution in [2.75, 3.05) is 6.61 Å². The fourth-order valence-corrected chi connectivity index (χ4v) is 1.73. The molecule has 1 aliphatic rings. The first-order chi connectivity index (χ1) is 9.60. The topological polar surface area (TPSA) is 88.2 Å². The quantitative estimate of drug-likeness (QED) is 0.610. The van der Waals surface area contributed by atoms with Gasteiger partial charge in [0.2, 0.25) is 0 Å². The van der Waals surface area contributed by atoms with Gasteiger partial charge in [0, 0.05) is 18.5 Å². The van der Waals surface area contributed by atoms with Crippen molar-refractivity contribution in [2.24, 2.45) is 0 Å². The molecule has 20 heavy (non-hydrogen) atoms. The van der Waals surface area contributed by atoms with Crippen LogP contribution in [0.5, 0.6) is 5.75 Å². The van der Waals surface area contributed by atoms with Crippen molar-refractivity contribution < 1.29 is 14.1 Å². The Hall–Kier alpha value is -2.20. The highest BCUT2D eigenvalue weighted by molar-refractivity contribution is 5.37. The Labute approximate surface area is 115 Å². The van der Waals surface area contributed by atoms with E-state index in [-0.39, 0.29) is 24.1 Å². The molecule has 0 heterocycles. The highest BCUT2D eigenvalue weighted by Gasteiger charge is 2.24. The first-order valence-corrected chi connectivity index (χ1v) is 6.32. The molecular weight excluding hydrogens is 265 g/mol. The zero-order chi connectivity index (χ0) is 14.5. The van der Waals surface area contributed by atoms with Crippen molar-refractivity contribution in [3.63, 3.8) is 0 Å². The summed E-state index contributed by atoms with van der Waals surface area (Å²) in [5.41, 5.74) is -0.319.